The number of ketones is 1. The Morgan fingerprint density at radius 1 is 0.781 bits per heavy atom. The Morgan fingerprint density at radius 3 is 2.00 bits per heavy atom. The fourth-order valence-corrected chi connectivity index (χ4v) is 3.81. The fraction of sp³-hybridized carbons (Fsp3) is 0.280. The Labute approximate surface area is 186 Å². The lowest BCUT2D eigenvalue weighted by Gasteiger charge is -2.34. The molecule has 0 saturated carbocycles. The molecule has 0 N–H and O–H groups in total. The van der Waals surface area contributed by atoms with Gasteiger partial charge in [-0.05, 0) is 44.0 Å². The Morgan fingerprint density at radius 2 is 1.41 bits per heavy atom. The van der Waals surface area contributed by atoms with Crippen molar-refractivity contribution in [2.45, 2.75) is 20.8 Å². The van der Waals surface area contributed by atoms with E-state index in [9.17, 15) is 14.4 Å². The Bertz CT molecular complexity index is 1190. The average Bonchev–Trinajstić information content (AvgIpc) is 3.26. The molecule has 7 nitrogen and oxygen atoms in total. The van der Waals surface area contributed by atoms with E-state index in [2.05, 4.69) is 5.16 Å². The third kappa shape index (κ3) is 4.19. The number of aryl methyl sites for hydroxylation is 3. The number of hydrogen-bond acceptors (Lipinski definition) is 5. The summed E-state index contributed by atoms with van der Waals surface area (Å²) in [5.41, 5.74) is 4.11. The van der Waals surface area contributed by atoms with E-state index in [1.807, 2.05) is 26.0 Å². The van der Waals surface area contributed by atoms with Crippen molar-refractivity contribution in [1.29, 1.82) is 0 Å². The van der Waals surface area contributed by atoms with Gasteiger partial charge in [0.2, 0.25) is 5.76 Å². The molecule has 0 atom stereocenters. The molecule has 32 heavy (non-hydrogen) atoms. The lowest BCUT2D eigenvalue weighted by Crippen LogP contribution is -2.50. The minimum Gasteiger partial charge on any atom is -0.351 e. The second-order valence-electron chi connectivity index (χ2n) is 8.09. The maximum atomic E-state index is 13.3. The highest BCUT2D eigenvalue weighted by Crippen LogP contribution is 2.20. The van der Waals surface area contributed by atoms with E-state index in [0.29, 0.717) is 48.6 Å². The SMILES string of the molecule is Cc1cc(C(=O)N2CCN(C(=O)c3ccccc3C(=O)c3ccc(C)c(C)c3)CC2)on1. The van der Waals surface area contributed by atoms with Gasteiger partial charge in [0.15, 0.2) is 5.78 Å². The molecule has 1 saturated heterocycles. The van der Waals surface area contributed by atoms with E-state index in [1.165, 1.54) is 0 Å². The molecule has 1 aliphatic heterocycles. The maximum Gasteiger partial charge on any atom is 0.292 e. The molecule has 1 aliphatic rings. The van der Waals surface area contributed by atoms with E-state index in [-0.39, 0.29) is 23.4 Å². The molecule has 0 aliphatic carbocycles. The lowest BCUT2D eigenvalue weighted by atomic mass is 9.95. The van der Waals surface area contributed by atoms with E-state index < -0.39 is 0 Å². The number of carbonyl (C=O) groups excluding carboxylic acids is 3. The third-order valence-corrected chi connectivity index (χ3v) is 5.86. The second kappa shape index (κ2) is 8.78. The van der Waals surface area contributed by atoms with Gasteiger partial charge in [0.1, 0.15) is 0 Å². The van der Waals surface area contributed by atoms with Gasteiger partial charge in [-0.25, -0.2) is 0 Å². The number of amides is 2. The summed E-state index contributed by atoms with van der Waals surface area (Å²) in [6.07, 6.45) is 0. The topological polar surface area (TPSA) is 83.7 Å². The minimum absolute atomic E-state index is 0.174. The van der Waals surface area contributed by atoms with Gasteiger partial charge in [0.05, 0.1) is 11.3 Å². The van der Waals surface area contributed by atoms with E-state index in [1.54, 1.807) is 53.1 Å². The summed E-state index contributed by atoms with van der Waals surface area (Å²) in [6.45, 7) is 7.25. The van der Waals surface area contributed by atoms with Gasteiger partial charge in [-0.15, -0.1) is 0 Å². The van der Waals surface area contributed by atoms with E-state index in [4.69, 9.17) is 4.52 Å². The highest BCUT2D eigenvalue weighted by atomic mass is 16.5. The third-order valence-electron chi connectivity index (χ3n) is 5.86. The quantitative estimate of drug-likeness (QED) is 0.591. The van der Waals surface area contributed by atoms with Crippen molar-refractivity contribution < 1.29 is 18.9 Å². The summed E-state index contributed by atoms with van der Waals surface area (Å²) in [5, 5.41) is 3.76. The van der Waals surface area contributed by atoms with Gasteiger partial charge in [0.25, 0.3) is 11.8 Å². The molecular formula is C25H25N3O4. The van der Waals surface area contributed by atoms with Crippen molar-refractivity contribution in [3.05, 3.63) is 87.8 Å². The van der Waals surface area contributed by atoms with Crippen LogP contribution in [0, 0.1) is 20.8 Å². The van der Waals surface area contributed by atoms with Crippen LogP contribution in [0.15, 0.2) is 53.1 Å². The molecule has 1 fully saturated rings. The Kier molecular flexibility index (Phi) is 5.90. The Hall–Kier alpha value is -3.74. The summed E-state index contributed by atoms with van der Waals surface area (Å²) in [6, 6.07) is 14.1. The van der Waals surface area contributed by atoms with Crippen LogP contribution in [0.4, 0.5) is 0 Å². The van der Waals surface area contributed by atoms with Crippen LogP contribution in [0.25, 0.3) is 0 Å². The van der Waals surface area contributed by atoms with Crippen molar-refractivity contribution in [1.82, 2.24) is 15.0 Å². The van der Waals surface area contributed by atoms with Crippen molar-refractivity contribution in [2.75, 3.05) is 26.2 Å². The number of rotatable bonds is 4. The van der Waals surface area contributed by atoms with Gasteiger partial charge in [-0.3, -0.25) is 14.4 Å². The lowest BCUT2D eigenvalue weighted by molar-refractivity contribution is 0.0512. The van der Waals surface area contributed by atoms with Crippen molar-refractivity contribution in [2.24, 2.45) is 0 Å². The molecule has 7 heteroatoms. The molecule has 164 valence electrons. The zero-order chi connectivity index (χ0) is 22.8. The molecular weight excluding hydrogens is 406 g/mol. The molecule has 0 radical (unpaired) electrons. The van der Waals surface area contributed by atoms with Crippen LogP contribution in [-0.4, -0.2) is 58.7 Å². The van der Waals surface area contributed by atoms with Crippen LogP contribution < -0.4 is 0 Å². The first-order valence-corrected chi connectivity index (χ1v) is 10.6. The summed E-state index contributed by atoms with van der Waals surface area (Å²) < 4.78 is 5.06. The van der Waals surface area contributed by atoms with E-state index in [0.717, 1.165) is 11.1 Å². The minimum atomic E-state index is -0.233. The molecule has 2 aromatic carbocycles. The molecule has 3 aromatic rings. The second-order valence-corrected chi connectivity index (χ2v) is 8.09. The van der Waals surface area contributed by atoms with Crippen LogP contribution in [0.5, 0.6) is 0 Å². The highest BCUT2D eigenvalue weighted by Gasteiger charge is 2.29. The summed E-state index contributed by atoms with van der Waals surface area (Å²) in [7, 11) is 0. The number of aromatic nitrogens is 1. The summed E-state index contributed by atoms with van der Waals surface area (Å²) in [5.74, 6) is -0.415. The first-order valence-electron chi connectivity index (χ1n) is 10.6. The normalized spacial score (nSPS) is 13.8. The molecule has 0 spiro atoms. The van der Waals surface area contributed by atoms with Crippen LogP contribution in [0.2, 0.25) is 0 Å². The first-order chi connectivity index (χ1) is 15.3. The molecule has 2 amide bonds. The monoisotopic (exact) mass is 431 g/mol. The van der Waals surface area contributed by atoms with Gasteiger partial charge in [-0.2, -0.15) is 0 Å². The average molecular weight is 431 g/mol. The zero-order valence-electron chi connectivity index (χ0n) is 18.4. The van der Waals surface area contributed by atoms with Gasteiger partial charge in [0, 0.05) is 43.4 Å². The number of carbonyl (C=O) groups is 3. The number of piperazine rings is 1. The van der Waals surface area contributed by atoms with Crippen molar-refractivity contribution in [3.63, 3.8) is 0 Å². The molecule has 0 unspecified atom stereocenters. The predicted octanol–water partition coefficient (Wildman–Crippen LogP) is 3.43. The maximum absolute atomic E-state index is 13.3. The van der Waals surface area contributed by atoms with Crippen LogP contribution >= 0.6 is 0 Å². The molecule has 2 heterocycles. The standard InChI is InChI=1S/C25H25N3O4/c1-16-8-9-19(14-17(16)2)23(29)20-6-4-5-7-21(20)24(30)27-10-12-28(13-11-27)25(31)22-15-18(3)26-32-22/h4-9,14-15H,10-13H2,1-3H3. The molecule has 4 rings (SSSR count). The van der Waals surface area contributed by atoms with Crippen LogP contribution in [0.3, 0.4) is 0 Å². The zero-order valence-corrected chi connectivity index (χ0v) is 18.4. The fourth-order valence-electron chi connectivity index (χ4n) is 3.81. The largest absolute Gasteiger partial charge is 0.351 e. The number of hydrogen-bond donors (Lipinski definition) is 0. The van der Waals surface area contributed by atoms with Crippen molar-refractivity contribution in [3.8, 4) is 0 Å². The number of benzene rings is 2. The number of nitrogens with zero attached hydrogens (tertiary/aromatic N) is 3. The smallest absolute Gasteiger partial charge is 0.292 e. The van der Waals surface area contributed by atoms with E-state index >= 15 is 0 Å². The van der Waals surface area contributed by atoms with Gasteiger partial charge < -0.3 is 14.3 Å². The summed E-state index contributed by atoms with van der Waals surface area (Å²) >= 11 is 0. The Balaban J connectivity index is 1.49. The highest BCUT2D eigenvalue weighted by molar-refractivity contribution is 6.15. The predicted molar refractivity (Wildman–Crippen MR) is 119 cm³/mol. The summed E-state index contributed by atoms with van der Waals surface area (Å²) in [4.78, 5) is 42.3. The van der Waals surface area contributed by atoms with Crippen LogP contribution in [0.1, 0.15) is 53.7 Å². The van der Waals surface area contributed by atoms with Crippen LogP contribution in [-0.2, 0) is 0 Å². The molecule has 1 aromatic heterocycles. The first kappa shape index (κ1) is 21.5. The van der Waals surface area contributed by atoms with Crippen molar-refractivity contribution >= 4 is 17.6 Å². The van der Waals surface area contributed by atoms with Gasteiger partial charge in [-0.1, -0.05) is 35.5 Å². The molecule has 0 bridgehead atoms. The van der Waals surface area contributed by atoms with Gasteiger partial charge >= 0.3 is 0 Å².